The summed E-state index contributed by atoms with van der Waals surface area (Å²) in [7, 11) is 0. The predicted molar refractivity (Wildman–Crippen MR) is 62.8 cm³/mol. The SMILES string of the molecule is C=C[C@H](N)CNC(=O)OCc1ccccc1. The summed E-state index contributed by atoms with van der Waals surface area (Å²) in [6, 6.07) is 9.23. The van der Waals surface area contributed by atoms with Gasteiger partial charge in [-0.25, -0.2) is 4.79 Å². The highest BCUT2D eigenvalue weighted by Crippen LogP contribution is 2.00. The average molecular weight is 220 g/mol. The van der Waals surface area contributed by atoms with Crippen molar-refractivity contribution in [2.75, 3.05) is 6.54 Å². The Hall–Kier alpha value is -1.81. The molecule has 0 saturated carbocycles. The summed E-state index contributed by atoms with van der Waals surface area (Å²) >= 11 is 0. The molecule has 1 amide bonds. The molecule has 0 aliphatic carbocycles. The molecule has 1 aromatic rings. The Morgan fingerprint density at radius 2 is 2.19 bits per heavy atom. The molecule has 0 fully saturated rings. The highest BCUT2D eigenvalue weighted by Gasteiger charge is 2.03. The lowest BCUT2D eigenvalue weighted by atomic mass is 10.2. The number of rotatable bonds is 5. The fourth-order valence-electron chi connectivity index (χ4n) is 1.06. The van der Waals surface area contributed by atoms with Crippen molar-refractivity contribution in [2.45, 2.75) is 12.6 Å². The minimum atomic E-state index is -0.471. The van der Waals surface area contributed by atoms with Gasteiger partial charge in [-0.3, -0.25) is 0 Å². The number of alkyl carbamates (subject to hydrolysis) is 1. The molecule has 1 rings (SSSR count). The number of hydrogen-bond acceptors (Lipinski definition) is 3. The standard InChI is InChI=1S/C12H16N2O2/c1-2-11(13)8-14-12(15)16-9-10-6-4-3-5-7-10/h2-7,11H,1,8-9,13H2,(H,14,15)/t11-/m0/s1. The van der Waals surface area contributed by atoms with Gasteiger partial charge in [-0.2, -0.15) is 0 Å². The second-order valence-corrected chi connectivity index (χ2v) is 3.34. The van der Waals surface area contributed by atoms with Gasteiger partial charge in [0.2, 0.25) is 0 Å². The van der Waals surface area contributed by atoms with Gasteiger partial charge in [0.05, 0.1) is 0 Å². The van der Waals surface area contributed by atoms with Gasteiger partial charge in [0, 0.05) is 12.6 Å². The van der Waals surface area contributed by atoms with E-state index in [4.69, 9.17) is 10.5 Å². The number of nitrogens with two attached hydrogens (primary N) is 1. The van der Waals surface area contributed by atoms with Crippen LogP contribution in [0.5, 0.6) is 0 Å². The van der Waals surface area contributed by atoms with Gasteiger partial charge in [0.25, 0.3) is 0 Å². The fraction of sp³-hybridized carbons (Fsp3) is 0.250. The van der Waals surface area contributed by atoms with E-state index < -0.39 is 6.09 Å². The maximum Gasteiger partial charge on any atom is 0.407 e. The predicted octanol–water partition coefficient (Wildman–Crippen LogP) is 1.43. The molecule has 0 aliphatic rings. The van der Waals surface area contributed by atoms with Crippen LogP contribution in [0, 0.1) is 0 Å². The number of ether oxygens (including phenoxy) is 1. The third kappa shape index (κ3) is 4.61. The number of benzene rings is 1. The van der Waals surface area contributed by atoms with Crippen LogP contribution in [0.1, 0.15) is 5.56 Å². The van der Waals surface area contributed by atoms with Crippen molar-refractivity contribution in [1.29, 1.82) is 0 Å². The monoisotopic (exact) mass is 220 g/mol. The molecule has 16 heavy (non-hydrogen) atoms. The molecule has 0 aromatic heterocycles. The van der Waals surface area contributed by atoms with Crippen molar-refractivity contribution in [1.82, 2.24) is 5.32 Å². The largest absolute Gasteiger partial charge is 0.445 e. The summed E-state index contributed by atoms with van der Waals surface area (Å²) in [5.74, 6) is 0. The number of hydrogen-bond donors (Lipinski definition) is 2. The molecular formula is C12H16N2O2. The van der Waals surface area contributed by atoms with Crippen LogP contribution in [-0.2, 0) is 11.3 Å². The smallest absolute Gasteiger partial charge is 0.407 e. The molecule has 1 atom stereocenters. The van der Waals surface area contributed by atoms with E-state index >= 15 is 0 Å². The van der Waals surface area contributed by atoms with E-state index in [0.717, 1.165) is 5.56 Å². The second kappa shape index (κ2) is 6.63. The van der Waals surface area contributed by atoms with Crippen LogP contribution >= 0.6 is 0 Å². The molecule has 86 valence electrons. The number of nitrogens with one attached hydrogen (secondary N) is 1. The van der Waals surface area contributed by atoms with Crippen LogP contribution in [-0.4, -0.2) is 18.7 Å². The minimum absolute atomic E-state index is 0.246. The lowest BCUT2D eigenvalue weighted by Gasteiger charge is -2.09. The molecule has 0 unspecified atom stereocenters. The summed E-state index contributed by atoms with van der Waals surface area (Å²) in [5.41, 5.74) is 6.49. The van der Waals surface area contributed by atoms with Gasteiger partial charge >= 0.3 is 6.09 Å². The lowest BCUT2D eigenvalue weighted by molar-refractivity contribution is 0.139. The molecule has 0 spiro atoms. The van der Waals surface area contributed by atoms with Crippen molar-refractivity contribution in [3.8, 4) is 0 Å². The Kier molecular flexibility index (Phi) is 5.08. The number of amides is 1. The first kappa shape index (κ1) is 12.3. The zero-order valence-corrected chi connectivity index (χ0v) is 9.06. The molecule has 0 heterocycles. The van der Waals surface area contributed by atoms with Crippen molar-refractivity contribution >= 4 is 6.09 Å². The maximum absolute atomic E-state index is 11.2. The Morgan fingerprint density at radius 3 is 2.81 bits per heavy atom. The van der Waals surface area contributed by atoms with Gasteiger partial charge in [0.15, 0.2) is 0 Å². The Balaban J connectivity index is 2.23. The van der Waals surface area contributed by atoms with E-state index in [2.05, 4.69) is 11.9 Å². The maximum atomic E-state index is 11.2. The van der Waals surface area contributed by atoms with Crippen LogP contribution < -0.4 is 11.1 Å². The quantitative estimate of drug-likeness (QED) is 0.738. The van der Waals surface area contributed by atoms with Gasteiger partial charge in [-0.05, 0) is 5.56 Å². The van der Waals surface area contributed by atoms with Crippen molar-refractivity contribution in [2.24, 2.45) is 5.73 Å². The molecule has 4 nitrogen and oxygen atoms in total. The van der Waals surface area contributed by atoms with E-state index in [-0.39, 0.29) is 12.6 Å². The summed E-state index contributed by atoms with van der Waals surface area (Å²) < 4.78 is 4.98. The third-order valence-electron chi connectivity index (χ3n) is 2.00. The number of carbonyl (C=O) groups excluding carboxylic acids is 1. The van der Waals surface area contributed by atoms with Gasteiger partial charge in [-0.15, -0.1) is 6.58 Å². The Labute approximate surface area is 95.1 Å². The Bertz CT molecular complexity index is 338. The van der Waals surface area contributed by atoms with Crippen LogP contribution in [0.2, 0.25) is 0 Å². The van der Waals surface area contributed by atoms with Crippen molar-refractivity contribution in [3.05, 3.63) is 48.6 Å². The van der Waals surface area contributed by atoms with Crippen LogP contribution in [0.15, 0.2) is 43.0 Å². The molecule has 0 bridgehead atoms. The first-order valence-corrected chi connectivity index (χ1v) is 5.05. The number of carbonyl (C=O) groups is 1. The fourth-order valence-corrected chi connectivity index (χ4v) is 1.06. The first-order valence-electron chi connectivity index (χ1n) is 5.05. The minimum Gasteiger partial charge on any atom is -0.445 e. The van der Waals surface area contributed by atoms with E-state index in [1.54, 1.807) is 6.08 Å². The van der Waals surface area contributed by atoms with E-state index in [1.807, 2.05) is 30.3 Å². The molecule has 4 heteroatoms. The molecule has 0 saturated heterocycles. The summed E-state index contributed by atoms with van der Waals surface area (Å²) in [5, 5.41) is 2.55. The molecule has 1 aromatic carbocycles. The van der Waals surface area contributed by atoms with Gasteiger partial charge < -0.3 is 15.8 Å². The van der Waals surface area contributed by atoms with E-state index in [0.29, 0.717) is 6.54 Å². The first-order chi connectivity index (χ1) is 7.72. The lowest BCUT2D eigenvalue weighted by Crippen LogP contribution is -2.36. The Morgan fingerprint density at radius 1 is 1.50 bits per heavy atom. The summed E-state index contributed by atoms with van der Waals surface area (Å²) in [4.78, 5) is 11.2. The zero-order chi connectivity index (χ0) is 11.8. The van der Waals surface area contributed by atoms with E-state index in [9.17, 15) is 4.79 Å². The van der Waals surface area contributed by atoms with Crippen LogP contribution in [0.25, 0.3) is 0 Å². The topological polar surface area (TPSA) is 64.3 Å². The highest BCUT2D eigenvalue weighted by atomic mass is 16.5. The molecular weight excluding hydrogens is 204 g/mol. The summed E-state index contributed by atoms with van der Waals surface area (Å²) in [6.45, 7) is 4.11. The normalized spacial score (nSPS) is 11.6. The van der Waals surface area contributed by atoms with Gasteiger partial charge in [-0.1, -0.05) is 36.4 Å². The highest BCUT2D eigenvalue weighted by molar-refractivity contribution is 5.67. The van der Waals surface area contributed by atoms with Crippen LogP contribution in [0.3, 0.4) is 0 Å². The van der Waals surface area contributed by atoms with Gasteiger partial charge in [0.1, 0.15) is 6.61 Å². The molecule has 3 N–H and O–H groups in total. The van der Waals surface area contributed by atoms with Crippen molar-refractivity contribution in [3.63, 3.8) is 0 Å². The van der Waals surface area contributed by atoms with E-state index in [1.165, 1.54) is 0 Å². The average Bonchev–Trinajstić information content (AvgIpc) is 2.34. The molecule has 0 radical (unpaired) electrons. The van der Waals surface area contributed by atoms with Crippen LogP contribution in [0.4, 0.5) is 4.79 Å². The van der Waals surface area contributed by atoms with Crippen molar-refractivity contribution < 1.29 is 9.53 Å². The third-order valence-corrected chi connectivity index (χ3v) is 2.00. The second-order valence-electron chi connectivity index (χ2n) is 3.34. The molecule has 0 aliphatic heterocycles. The zero-order valence-electron chi connectivity index (χ0n) is 9.06. The summed E-state index contributed by atoms with van der Waals surface area (Å²) in [6.07, 6.45) is 1.10.